The van der Waals surface area contributed by atoms with E-state index < -0.39 is 6.04 Å². The van der Waals surface area contributed by atoms with Crippen LogP contribution in [0.2, 0.25) is 10.0 Å². The molecule has 3 aromatic rings. The van der Waals surface area contributed by atoms with Crippen LogP contribution in [0.1, 0.15) is 44.2 Å². The lowest BCUT2D eigenvalue weighted by Gasteiger charge is -2.35. The fourth-order valence-electron chi connectivity index (χ4n) is 3.66. The molecule has 2 aromatic carbocycles. The predicted molar refractivity (Wildman–Crippen MR) is 122 cm³/mol. The van der Waals surface area contributed by atoms with Crippen LogP contribution in [0, 0.1) is 0 Å². The molecule has 1 N–H and O–H groups in total. The Morgan fingerprint density at radius 3 is 2.58 bits per heavy atom. The molecule has 0 saturated carbocycles. The second-order valence-electron chi connectivity index (χ2n) is 7.38. The molecule has 2 heterocycles. The van der Waals surface area contributed by atoms with Gasteiger partial charge in [0.2, 0.25) is 5.82 Å². The summed E-state index contributed by atoms with van der Waals surface area (Å²) in [4.78, 5) is 19.2. The quantitative estimate of drug-likeness (QED) is 0.469. The highest BCUT2D eigenvalue weighted by Crippen LogP contribution is 2.38. The van der Waals surface area contributed by atoms with Gasteiger partial charge in [0.1, 0.15) is 0 Å². The van der Waals surface area contributed by atoms with Gasteiger partial charge in [-0.3, -0.25) is 4.90 Å². The fourth-order valence-corrected chi connectivity index (χ4v) is 4.05. The molecule has 8 heteroatoms. The largest absolute Gasteiger partial charge is 0.334 e. The standard InChI is InChI=1S/C23H22Cl2N4O2/c1-3-4-11-29-14(2)19(20(26-23(29)30)15-7-5-9-17(24)12-15)22-27-21(28-31-22)16-8-6-10-18(25)13-16/h5-10,12-13,20H,3-4,11H2,1-2H3,(H,26,30). The summed E-state index contributed by atoms with van der Waals surface area (Å²) in [6, 6.07) is 14.0. The Balaban J connectivity index is 1.81. The number of carbonyl (C=O) groups excluding carboxylic acids is 1. The molecule has 31 heavy (non-hydrogen) atoms. The van der Waals surface area contributed by atoms with E-state index in [0.29, 0.717) is 28.3 Å². The van der Waals surface area contributed by atoms with Gasteiger partial charge in [0.05, 0.1) is 11.6 Å². The molecule has 1 unspecified atom stereocenters. The Hall–Kier alpha value is -2.83. The Bertz CT molecular complexity index is 1140. The smallest absolute Gasteiger partial charge is 0.322 e. The van der Waals surface area contributed by atoms with E-state index >= 15 is 0 Å². The molecule has 2 amide bonds. The molecule has 0 aliphatic carbocycles. The van der Waals surface area contributed by atoms with Crippen molar-refractivity contribution in [2.45, 2.75) is 32.7 Å². The zero-order valence-electron chi connectivity index (χ0n) is 17.2. The van der Waals surface area contributed by atoms with Crippen molar-refractivity contribution in [1.29, 1.82) is 0 Å². The lowest BCUT2D eigenvalue weighted by atomic mass is 9.94. The summed E-state index contributed by atoms with van der Waals surface area (Å²) < 4.78 is 5.67. The van der Waals surface area contributed by atoms with Crippen LogP contribution in [0.3, 0.4) is 0 Å². The van der Waals surface area contributed by atoms with Crippen molar-refractivity contribution < 1.29 is 9.32 Å². The first-order valence-electron chi connectivity index (χ1n) is 10.1. The first-order chi connectivity index (χ1) is 15.0. The minimum Gasteiger partial charge on any atom is -0.334 e. The summed E-state index contributed by atoms with van der Waals surface area (Å²) in [6.07, 6.45) is 1.86. The van der Waals surface area contributed by atoms with Crippen LogP contribution in [-0.4, -0.2) is 27.6 Å². The molecule has 4 rings (SSSR count). The normalized spacial score (nSPS) is 16.6. The molecule has 6 nitrogen and oxygen atoms in total. The number of carbonyl (C=O) groups is 1. The molecule has 0 radical (unpaired) electrons. The van der Waals surface area contributed by atoms with Crippen LogP contribution < -0.4 is 5.32 Å². The van der Waals surface area contributed by atoms with Gasteiger partial charge >= 0.3 is 6.03 Å². The number of aromatic nitrogens is 2. The van der Waals surface area contributed by atoms with Gasteiger partial charge in [-0.25, -0.2) is 4.79 Å². The first-order valence-corrected chi connectivity index (χ1v) is 10.9. The monoisotopic (exact) mass is 456 g/mol. The third-order valence-electron chi connectivity index (χ3n) is 5.25. The van der Waals surface area contributed by atoms with E-state index in [0.717, 1.165) is 35.2 Å². The molecular formula is C23H22Cl2N4O2. The first kappa shape index (κ1) is 21.4. The molecule has 0 saturated heterocycles. The van der Waals surface area contributed by atoms with Gasteiger partial charge in [-0.05, 0) is 43.2 Å². The minimum atomic E-state index is -0.461. The summed E-state index contributed by atoms with van der Waals surface area (Å²) >= 11 is 12.3. The van der Waals surface area contributed by atoms with E-state index in [-0.39, 0.29) is 6.03 Å². The van der Waals surface area contributed by atoms with Crippen molar-refractivity contribution in [3.05, 3.63) is 75.7 Å². The molecule has 1 atom stereocenters. The highest BCUT2D eigenvalue weighted by Gasteiger charge is 2.35. The Morgan fingerprint density at radius 2 is 1.87 bits per heavy atom. The summed E-state index contributed by atoms with van der Waals surface area (Å²) in [5.74, 6) is 0.776. The van der Waals surface area contributed by atoms with Crippen LogP contribution in [0.15, 0.2) is 58.8 Å². The highest BCUT2D eigenvalue weighted by molar-refractivity contribution is 6.31. The molecule has 1 aliphatic heterocycles. The van der Waals surface area contributed by atoms with Gasteiger partial charge < -0.3 is 9.84 Å². The predicted octanol–water partition coefficient (Wildman–Crippen LogP) is 6.34. The van der Waals surface area contributed by atoms with Crippen LogP contribution in [0.4, 0.5) is 4.79 Å². The molecule has 160 valence electrons. The third kappa shape index (κ3) is 4.45. The Morgan fingerprint density at radius 1 is 1.13 bits per heavy atom. The fraction of sp³-hybridized carbons (Fsp3) is 0.261. The minimum absolute atomic E-state index is 0.158. The molecule has 1 aromatic heterocycles. The number of allylic oxidation sites excluding steroid dienone is 1. The van der Waals surface area contributed by atoms with Crippen molar-refractivity contribution in [1.82, 2.24) is 20.4 Å². The van der Waals surface area contributed by atoms with Crippen LogP contribution in [0.25, 0.3) is 17.0 Å². The van der Waals surface area contributed by atoms with E-state index in [9.17, 15) is 4.79 Å². The van der Waals surface area contributed by atoms with Gasteiger partial charge in [0.25, 0.3) is 5.89 Å². The van der Waals surface area contributed by atoms with Crippen LogP contribution in [-0.2, 0) is 0 Å². The van der Waals surface area contributed by atoms with Gasteiger partial charge in [0, 0.05) is 27.9 Å². The van der Waals surface area contributed by atoms with Crippen molar-refractivity contribution >= 4 is 34.8 Å². The summed E-state index contributed by atoms with van der Waals surface area (Å²) in [6.45, 7) is 4.60. The average molecular weight is 457 g/mol. The number of hydrogen-bond acceptors (Lipinski definition) is 4. The summed E-state index contributed by atoms with van der Waals surface area (Å²) in [5.41, 5.74) is 3.12. The van der Waals surface area contributed by atoms with Gasteiger partial charge in [0.15, 0.2) is 0 Å². The van der Waals surface area contributed by atoms with Crippen LogP contribution >= 0.6 is 23.2 Å². The third-order valence-corrected chi connectivity index (χ3v) is 5.72. The number of halogens is 2. The van der Waals surface area contributed by atoms with Crippen LogP contribution in [0.5, 0.6) is 0 Å². The molecule has 0 fully saturated rings. The average Bonchev–Trinajstić information content (AvgIpc) is 3.23. The topological polar surface area (TPSA) is 71.3 Å². The van der Waals surface area contributed by atoms with Crippen molar-refractivity contribution in [2.24, 2.45) is 0 Å². The lowest BCUT2D eigenvalue weighted by molar-refractivity contribution is 0.204. The second kappa shape index (κ2) is 9.12. The molecule has 0 bridgehead atoms. The zero-order chi connectivity index (χ0) is 22.0. The highest BCUT2D eigenvalue weighted by atomic mass is 35.5. The molecule has 1 aliphatic rings. The van der Waals surface area contributed by atoms with Gasteiger partial charge in [-0.2, -0.15) is 4.98 Å². The lowest BCUT2D eigenvalue weighted by Crippen LogP contribution is -2.46. The van der Waals surface area contributed by atoms with E-state index in [1.165, 1.54) is 0 Å². The van der Waals surface area contributed by atoms with E-state index in [1.807, 2.05) is 37.3 Å². The maximum atomic E-state index is 12.9. The summed E-state index contributed by atoms with van der Waals surface area (Å²) in [5, 5.41) is 8.41. The molecular weight excluding hydrogens is 435 g/mol. The summed E-state index contributed by atoms with van der Waals surface area (Å²) in [7, 11) is 0. The van der Waals surface area contributed by atoms with Crippen molar-refractivity contribution in [3.8, 4) is 11.4 Å². The van der Waals surface area contributed by atoms with Crippen molar-refractivity contribution in [2.75, 3.05) is 6.54 Å². The number of benzene rings is 2. The van der Waals surface area contributed by atoms with E-state index in [4.69, 9.17) is 27.7 Å². The second-order valence-corrected chi connectivity index (χ2v) is 8.25. The van der Waals surface area contributed by atoms with E-state index in [2.05, 4.69) is 22.4 Å². The maximum absolute atomic E-state index is 12.9. The zero-order valence-corrected chi connectivity index (χ0v) is 18.7. The number of rotatable bonds is 6. The maximum Gasteiger partial charge on any atom is 0.322 e. The number of nitrogens with one attached hydrogen (secondary N) is 1. The number of unbranched alkanes of at least 4 members (excludes halogenated alkanes) is 1. The SMILES string of the molecule is CCCCN1C(=O)NC(c2cccc(Cl)c2)C(c2nc(-c3cccc(Cl)c3)no2)=C1C. The Kier molecular flexibility index (Phi) is 6.30. The number of nitrogens with zero attached hydrogens (tertiary/aromatic N) is 3. The number of urea groups is 1. The number of amides is 2. The van der Waals surface area contributed by atoms with Gasteiger partial charge in [-0.15, -0.1) is 0 Å². The van der Waals surface area contributed by atoms with E-state index in [1.54, 1.807) is 23.1 Å². The Labute approximate surface area is 190 Å². The molecule has 0 spiro atoms. The number of hydrogen-bond donors (Lipinski definition) is 1. The van der Waals surface area contributed by atoms with Crippen molar-refractivity contribution in [3.63, 3.8) is 0 Å². The van der Waals surface area contributed by atoms with Gasteiger partial charge in [-0.1, -0.05) is 66.0 Å².